The lowest BCUT2D eigenvalue weighted by Gasteiger charge is -2.34. The van der Waals surface area contributed by atoms with Crippen LogP contribution in [0.2, 0.25) is 0 Å². The molecular weight excluding hydrogens is 458 g/mol. The summed E-state index contributed by atoms with van der Waals surface area (Å²) in [7, 11) is -1.97. The maximum absolute atomic E-state index is 13.0. The number of anilines is 1. The first-order valence-corrected chi connectivity index (χ1v) is 13.1. The molecule has 9 heteroatoms. The zero-order chi connectivity index (χ0) is 23.6. The molecule has 0 spiro atoms. The molecule has 174 valence electrons. The summed E-state index contributed by atoms with van der Waals surface area (Å²) in [5.41, 5.74) is 2.00. The zero-order valence-corrected chi connectivity index (χ0v) is 20.4. The highest BCUT2D eigenvalue weighted by atomic mass is 32.2. The van der Waals surface area contributed by atoms with Crippen LogP contribution in [0.5, 0.6) is 5.75 Å². The Hall–Kier alpha value is -2.75. The fraction of sp³-hybridized carbons (Fsp3) is 0.333. The average molecular weight is 486 g/mol. The molecule has 2 atom stereocenters. The number of ether oxygens (including phenoxy) is 1. The van der Waals surface area contributed by atoms with E-state index in [1.54, 1.807) is 11.4 Å². The molecule has 0 bridgehead atoms. The van der Waals surface area contributed by atoms with Gasteiger partial charge in [-0.05, 0) is 54.7 Å². The molecule has 2 unspecified atom stereocenters. The predicted octanol–water partition coefficient (Wildman–Crippen LogP) is 4.74. The molecule has 1 saturated heterocycles. The predicted molar refractivity (Wildman–Crippen MR) is 130 cm³/mol. The van der Waals surface area contributed by atoms with Crippen LogP contribution in [-0.2, 0) is 10.0 Å². The molecule has 1 N–H and O–H groups in total. The number of aromatic nitrogens is 1. The smallest absolute Gasteiger partial charge is 0.257 e. The summed E-state index contributed by atoms with van der Waals surface area (Å²) >= 11 is 1.32. The Bertz CT molecular complexity index is 1230. The van der Waals surface area contributed by atoms with E-state index in [0.29, 0.717) is 35.6 Å². The zero-order valence-electron chi connectivity index (χ0n) is 18.8. The minimum atomic E-state index is -3.58. The molecule has 7 nitrogen and oxygen atoms in total. The summed E-state index contributed by atoms with van der Waals surface area (Å²) in [6.07, 6.45) is 1.03. The molecule has 1 aliphatic heterocycles. The number of amides is 1. The third kappa shape index (κ3) is 5.26. The SMILES string of the molecule is COc1cccc(-c2csc(NC(=O)c3ccc(S(=O)(=O)N4CC(C)CC(C)C4)cc3)n2)c1. The van der Waals surface area contributed by atoms with Crippen molar-refractivity contribution in [3.63, 3.8) is 0 Å². The van der Waals surface area contributed by atoms with Crippen molar-refractivity contribution in [2.75, 3.05) is 25.5 Å². The Labute approximate surface area is 198 Å². The lowest BCUT2D eigenvalue weighted by atomic mass is 9.94. The summed E-state index contributed by atoms with van der Waals surface area (Å²) in [5.74, 6) is 1.04. The maximum Gasteiger partial charge on any atom is 0.257 e. The summed E-state index contributed by atoms with van der Waals surface area (Å²) in [6, 6.07) is 13.6. The molecule has 33 heavy (non-hydrogen) atoms. The Morgan fingerprint density at radius 3 is 2.48 bits per heavy atom. The van der Waals surface area contributed by atoms with Crippen molar-refractivity contribution >= 4 is 32.4 Å². The molecule has 0 radical (unpaired) electrons. The van der Waals surface area contributed by atoms with E-state index in [1.807, 2.05) is 29.6 Å². The van der Waals surface area contributed by atoms with Crippen molar-refractivity contribution in [3.05, 3.63) is 59.5 Å². The molecule has 0 aliphatic carbocycles. The first-order chi connectivity index (χ1) is 15.8. The van der Waals surface area contributed by atoms with Gasteiger partial charge in [0.25, 0.3) is 5.91 Å². The van der Waals surface area contributed by atoms with E-state index in [4.69, 9.17) is 4.74 Å². The highest BCUT2D eigenvalue weighted by Crippen LogP contribution is 2.29. The van der Waals surface area contributed by atoms with Gasteiger partial charge in [0.1, 0.15) is 5.75 Å². The number of hydrogen-bond donors (Lipinski definition) is 1. The molecule has 2 aromatic carbocycles. The minimum absolute atomic E-state index is 0.204. The Morgan fingerprint density at radius 2 is 1.82 bits per heavy atom. The van der Waals surface area contributed by atoms with Crippen LogP contribution in [0.4, 0.5) is 5.13 Å². The lowest BCUT2D eigenvalue weighted by Crippen LogP contribution is -2.42. The molecule has 1 aliphatic rings. The van der Waals surface area contributed by atoms with Crippen molar-refractivity contribution < 1.29 is 17.9 Å². The van der Waals surface area contributed by atoms with Gasteiger partial charge in [0, 0.05) is 29.6 Å². The van der Waals surface area contributed by atoms with E-state index in [9.17, 15) is 13.2 Å². The normalized spacial score (nSPS) is 19.2. The van der Waals surface area contributed by atoms with Crippen molar-refractivity contribution in [3.8, 4) is 17.0 Å². The van der Waals surface area contributed by atoms with Gasteiger partial charge in [-0.15, -0.1) is 11.3 Å². The van der Waals surface area contributed by atoms with E-state index in [0.717, 1.165) is 23.4 Å². The molecule has 2 heterocycles. The number of sulfonamides is 1. The summed E-state index contributed by atoms with van der Waals surface area (Å²) in [6.45, 7) is 5.19. The van der Waals surface area contributed by atoms with Gasteiger partial charge in [0.2, 0.25) is 10.0 Å². The first-order valence-electron chi connectivity index (χ1n) is 10.8. The number of carbonyl (C=O) groups is 1. The number of methoxy groups -OCH3 is 1. The monoisotopic (exact) mass is 485 g/mol. The quantitative estimate of drug-likeness (QED) is 0.545. The molecule has 1 fully saturated rings. The molecule has 1 aromatic heterocycles. The van der Waals surface area contributed by atoms with Crippen LogP contribution in [-0.4, -0.2) is 43.8 Å². The Kier molecular flexibility index (Phi) is 6.83. The third-order valence-corrected chi connectivity index (χ3v) is 8.28. The second-order valence-electron chi connectivity index (χ2n) is 8.52. The van der Waals surface area contributed by atoms with Crippen LogP contribution in [0.1, 0.15) is 30.6 Å². The number of nitrogens with one attached hydrogen (secondary N) is 1. The van der Waals surface area contributed by atoms with Crippen LogP contribution in [0.25, 0.3) is 11.3 Å². The van der Waals surface area contributed by atoms with Gasteiger partial charge in [-0.3, -0.25) is 10.1 Å². The van der Waals surface area contributed by atoms with Gasteiger partial charge in [-0.2, -0.15) is 4.31 Å². The molecule has 0 saturated carbocycles. The van der Waals surface area contributed by atoms with Gasteiger partial charge in [-0.1, -0.05) is 26.0 Å². The van der Waals surface area contributed by atoms with E-state index in [-0.39, 0.29) is 10.8 Å². The summed E-state index contributed by atoms with van der Waals surface area (Å²) in [4.78, 5) is 17.4. The maximum atomic E-state index is 13.0. The number of thiazole rings is 1. The molecule has 1 amide bonds. The number of nitrogens with zero attached hydrogens (tertiary/aromatic N) is 2. The number of rotatable bonds is 6. The summed E-state index contributed by atoms with van der Waals surface area (Å²) in [5, 5.41) is 5.11. The number of piperidine rings is 1. The highest BCUT2D eigenvalue weighted by Gasteiger charge is 2.31. The number of hydrogen-bond acceptors (Lipinski definition) is 6. The molecule has 4 rings (SSSR count). The summed E-state index contributed by atoms with van der Waals surface area (Å²) < 4.78 is 32.9. The minimum Gasteiger partial charge on any atom is -0.497 e. The van der Waals surface area contributed by atoms with E-state index >= 15 is 0 Å². The van der Waals surface area contributed by atoms with Crippen LogP contribution in [0.3, 0.4) is 0 Å². The van der Waals surface area contributed by atoms with Gasteiger partial charge < -0.3 is 4.74 Å². The Balaban J connectivity index is 1.45. The lowest BCUT2D eigenvalue weighted by molar-refractivity contribution is 0.102. The van der Waals surface area contributed by atoms with Gasteiger partial charge in [0.05, 0.1) is 17.7 Å². The van der Waals surface area contributed by atoms with Crippen molar-refractivity contribution in [1.29, 1.82) is 0 Å². The van der Waals surface area contributed by atoms with E-state index in [1.165, 1.54) is 35.6 Å². The fourth-order valence-electron chi connectivity index (χ4n) is 4.14. The molecular formula is C24H27N3O4S2. The topological polar surface area (TPSA) is 88.6 Å². The van der Waals surface area contributed by atoms with E-state index in [2.05, 4.69) is 24.1 Å². The van der Waals surface area contributed by atoms with Crippen LogP contribution in [0.15, 0.2) is 58.8 Å². The molecule has 3 aromatic rings. The van der Waals surface area contributed by atoms with Crippen molar-refractivity contribution in [2.24, 2.45) is 11.8 Å². The van der Waals surface area contributed by atoms with Crippen molar-refractivity contribution in [2.45, 2.75) is 25.2 Å². The average Bonchev–Trinajstić information content (AvgIpc) is 3.27. The van der Waals surface area contributed by atoms with Crippen LogP contribution < -0.4 is 10.1 Å². The Morgan fingerprint density at radius 1 is 1.12 bits per heavy atom. The van der Waals surface area contributed by atoms with Crippen molar-refractivity contribution in [1.82, 2.24) is 9.29 Å². The van der Waals surface area contributed by atoms with E-state index < -0.39 is 10.0 Å². The van der Waals surface area contributed by atoms with Crippen LogP contribution in [0, 0.1) is 11.8 Å². The second-order valence-corrected chi connectivity index (χ2v) is 11.3. The third-order valence-electron chi connectivity index (χ3n) is 5.68. The number of carbonyl (C=O) groups excluding carboxylic acids is 1. The second kappa shape index (κ2) is 9.62. The first kappa shape index (κ1) is 23.4. The van der Waals surface area contributed by atoms with Gasteiger partial charge in [-0.25, -0.2) is 13.4 Å². The van der Waals surface area contributed by atoms with Gasteiger partial charge >= 0.3 is 0 Å². The van der Waals surface area contributed by atoms with Gasteiger partial charge in [0.15, 0.2) is 5.13 Å². The largest absolute Gasteiger partial charge is 0.497 e. The standard InChI is InChI=1S/C24H27N3O4S2/c1-16-11-17(2)14-27(13-16)33(29,30)21-9-7-18(8-10-21)23(28)26-24-25-22(15-32-24)19-5-4-6-20(12-19)31-3/h4-10,12,15-17H,11,13-14H2,1-3H3,(H,25,26,28). The fourth-order valence-corrected chi connectivity index (χ4v) is 6.54. The number of benzene rings is 2. The highest BCUT2D eigenvalue weighted by molar-refractivity contribution is 7.89. The van der Waals surface area contributed by atoms with Crippen LogP contribution >= 0.6 is 11.3 Å².